The quantitative estimate of drug-likeness (QED) is 0.157. The topological polar surface area (TPSA) is 95.3 Å². The normalized spacial score (nSPS) is 12.9. The number of methoxy groups -OCH3 is 1. The molecule has 0 saturated carbocycles. The number of nitrogens with one attached hydrogen (secondary N) is 1. The summed E-state index contributed by atoms with van der Waals surface area (Å²) >= 11 is 2.77. The van der Waals surface area contributed by atoms with Crippen molar-refractivity contribution in [3.8, 4) is 5.75 Å². The summed E-state index contributed by atoms with van der Waals surface area (Å²) in [7, 11) is 1.37. The maximum absolute atomic E-state index is 12.9. The van der Waals surface area contributed by atoms with Crippen LogP contribution >= 0.6 is 23.1 Å². The Hall–Kier alpha value is -3.11. The number of carbonyl (C=O) groups excluding carboxylic acids is 2. The Labute approximate surface area is 225 Å². The first-order chi connectivity index (χ1) is 17.9. The van der Waals surface area contributed by atoms with Crippen LogP contribution in [0.5, 0.6) is 5.75 Å². The van der Waals surface area contributed by atoms with Crippen LogP contribution in [-0.2, 0) is 35.5 Å². The Balaban J connectivity index is 1.44. The molecule has 1 aliphatic carbocycles. The monoisotopic (exact) mass is 540 g/mol. The molecule has 2 aromatic heterocycles. The predicted octanol–water partition coefficient (Wildman–Crippen LogP) is 5.51. The molecular weight excluding hydrogens is 508 g/mol. The minimum atomic E-state index is -0.401. The van der Waals surface area contributed by atoms with Gasteiger partial charge in [-0.15, -0.1) is 28.1 Å². The largest absolute Gasteiger partial charge is 0.485 e. The van der Waals surface area contributed by atoms with Crippen LogP contribution in [0.25, 0.3) is 0 Å². The summed E-state index contributed by atoms with van der Waals surface area (Å²) < 4.78 is 12.9. The van der Waals surface area contributed by atoms with Crippen LogP contribution in [0.4, 0.5) is 5.00 Å². The van der Waals surface area contributed by atoms with E-state index in [-0.39, 0.29) is 18.3 Å². The molecule has 37 heavy (non-hydrogen) atoms. The summed E-state index contributed by atoms with van der Waals surface area (Å²) in [5.41, 5.74) is 3.69. The van der Waals surface area contributed by atoms with Crippen LogP contribution in [0.1, 0.15) is 57.0 Å². The van der Waals surface area contributed by atoms with E-state index in [1.807, 2.05) is 36.6 Å². The second kappa shape index (κ2) is 12.4. The molecule has 0 spiro atoms. The van der Waals surface area contributed by atoms with Crippen LogP contribution < -0.4 is 10.1 Å². The van der Waals surface area contributed by atoms with Crippen molar-refractivity contribution in [1.29, 1.82) is 0 Å². The zero-order chi connectivity index (χ0) is 26.4. The zero-order valence-corrected chi connectivity index (χ0v) is 23.1. The number of allylic oxidation sites excluding steroid dienone is 1. The number of rotatable bonds is 10. The number of carbonyl (C=O) groups is 2. The lowest BCUT2D eigenvalue weighted by molar-refractivity contribution is -0.113. The fourth-order valence-corrected chi connectivity index (χ4v) is 6.35. The Morgan fingerprint density at radius 2 is 2.03 bits per heavy atom. The van der Waals surface area contributed by atoms with Crippen LogP contribution in [0.2, 0.25) is 0 Å². The number of thioether (sulfide) groups is 1. The van der Waals surface area contributed by atoms with Gasteiger partial charge in [-0.05, 0) is 62.3 Å². The Kier molecular flexibility index (Phi) is 9.04. The zero-order valence-electron chi connectivity index (χ0n) is 21.5. The summed E-state index contributed by atoms with van der Waals surface area (Å²) in [6, 6.07) is 6.07. The molecule has 2 heterocycles. The Bertz CT molecular complexity index is 1300. The molecule has 1 aromatic carbocycles. The van der Waals surface area contributed by atoms with Crippen molar-refractivity contribution >= 4 is 40.0 Å². The van der Waals surface area contributed by atoms with Crippen molar-refractivity contribution in [2.24, 2.45) is 0 Å². The lowest BCUT2D eigenvalue weighted by Crippen LogP contribution is -2.17. The minimum Gasteiger partial charge on any atom is -0.485 e. The molecule has 8 nitrogen and oxygen atoms in total. The Morgan fingerprint density at radius 3 is 2.81 bits per heavy atom. The van der Waals surface area contributed by atoms with Crippen LogP contribution in [0.3, 0.4) is 0 Å². The van der Waals surface area contributed by atoms with E-state index in [1.54, 1.807) is 6.08 Å². The number of fused-ring (bicyclic) bond motifs is 1. The highest BCUT2D eigenvalue weighted by molar-refractivity contribution is 7.99. The SMILES string of the molecule is C=CCn1c(COc2cc(C)ccc2C)nnc1SCC(=O)Nc1sc2c(c1C(=O)OC)CCCCC2. The summed E-state index contributed by atoms with van der Waals surface area (Å²) in [5, 5.41) is 12.7. The van der Waals surface area contributed by atoms with Gasteiger partial charge in [0.1, 0.15) is 17.4 Å². The number of esters is 1. The first-order valence-electron chi connectivity index (χ1n) is 12.3. The van der Waals surface area contributed by atoms with Gasteiger partial charge in [0.05, 0.1) is 18.4 Å². The molecule has 3 aromatic rings. The number of aromatic nitrogens is 3. The van der Waals surface area contributed by atoms with Gasteiger partial charge in [0.25, 0.3) is 0 Å². The maximum atomic E-state index is 12.9. The molecule has 0 atom stereocenters. The van der Waals surface area contributed by atoms with E-state index in [4.69, 9.17) is 9.47 Å². The van der Waals surface area contributed by atoms with Gasteiger partial charge in [-0.2, -0.15) is 0 Å². The highest BCUT2D eigenvalue weighted by Crippen LogP contribution is 2.38. The van der Waals surface area contributed by atoms with Gasteiger partial charge in [0, 0.05) is 11.4 Å². The van der Waals surface area contributed by atoms with E-state index in [1.165, 1.54) is 35.1 Å². The number of hydrogen-bond donors (Lipinski definition) is 1. The van der Waals surface area contributed by atoms with Gasteiger partial charge in [-0.3, -0.25) is 9.36 Å². The van der Waals surface area contributed by atoms with E-state index in [9.17, 15) is 9.59 Å². The number of amides is 1. The van der Waals surface area contributed by atoms with Crippen molar-refractivity contribution < 1.29 is 19.1 Å². The fourth-order valence-electron chi connectivity index (χ4n) is 4.29. The van der Waals surface area contributed by atoms with E-state index in [2.05, 4.69) is 22.1 Å². The third kappa shape index (κ3) is 6.42. The fraction of sp³-hybridized carbons (Fsp3) is 0.407. The van der Waals surface area contributed by atoms with Gasteiger partial charge >= 0.3 is 5.97 Å². The van der Waals surface area contributed by atoms with Crippen LogP contribution in [0, 0.1) is 13.8 Å². The van der Waals surface area contributed by atoms with E-state index in [0.717, 1.165) is 54.5 Å². The van der Waals surface area contributed by atoms with Crippen LogP contribution in [-0.4, -0.2) is 39.5 Å². The number of nitrogens with zero attached hydrogens (tertiary/aromatic N) is 3. The second-order valence-electron chi connectivity index (χ2n) is 8.95. The smallest absolute Gasteiger partial charge is 0.341 e. The van der Waals surface area contributed by atoms with Crippen molar-refractivity contribution in [2.75, 3.05) is 18.2 Å². The minimum absolute atomic E-state index is 0.121. The molecule has 0 aliphatic heterocycles. The molecule has 1 N–H and O–H groups in total. The summed E-state index contributed by atoms with van der Waals surface area (Å²) in [6.45, 7) is 8.60. The van der Waals surface area contributed by atoms with Gasteiger partial charge in [0.15, 0.2) is 11.0 Å². The Morgan fingerprint density at radius 1 is 1.22 bits per heavy atom. The van der Waals surface area contributed by atoms with E-state index in [0.29, 0.717) is 28.1 Å². The van der Waals surface area contributed by atoms with Crippen molar-refractivity contribution in [3.05, 3.63) is 63.8 Å². The predicted molar refractivity (Wildman–Crippen MR) is 147 cm³/mol. The van der Waals surface area contributed by atoms with E-state index < -0.39 is 5.97 Å². The molecule has 0 unspecified atom stereocenters. The number of thiophene rings is 1. The highest BCUT2D eigenvalue weighted by Gasteiger charge is 2.26. The molecule has 0 bridgehead atoms. The molecule has 10 heteroatoms. The average Bonchev–Trinajstić information content (AvgIpc) is 3.34. The lowest BCUT2D eigenvalue weighted by atomic mass is 10.1. The molecule has 0 saturated heterocycles. The van der Waals surface area contributed by atoms with Gasteiger partial charge in [-0.25, -0.2) is 4.79 Å². The number of benzene rings is 1. The van der Waals surface area contributed by atoms with Gasteiger partial charge in [0.2, 0.25) is 5.91 Å². The molecule has 0 fully saturated rings. The second-order valence-corrected chi connectivity index (χ2v) is 11.0. The first kappa shape index (κ1) is 26.9. The number of anilines is 1. The van der Waals surface area contributed by atoms with Gasteiger partial charge < -0.3 is 14.8 Å². The molecule has 1 amide bonds. The molecule has 196 valence electrons. The highest BCUT2D eigenvalue weighted by atomic mass is 32.2. The maximum Gasteiger partial charge on any atom is 0.341 e. The number of ether oxygens (including phenoxy) is 2. The molecule has 0 radical (unpaired) electrons. The van der Waals surface area contributed by atoms with Crippen molar-refractivity contribution in [2.45, 2.75) is 64.3 Å². The molecule has 1 aliphatic rings. The summed E-state index contributed by atoms with van der Waals surface area (Å²) in [6.07, 6.45) is 6.78. The third-order valence-electron chi connectivity index (χ3n) is 6.20. The van der Waals surface area contributed by atoms with Crippen molar-refractivity contribution in [3.63, 3.8) is 0 Å². The summed E-state index contributed by atoms with van der Waals surface area (Å²) in [5.74, 6) is 0.960. The molecule has 4 rings (SSSR count). The van der Waals surface area contributed by atoms with E-state index >= 15 is 0 Å². The molecular formula is C27H32N4O4S2. The summed E-state index contributed by atoms with van der Waals surface area (Å²) in [4.78, 5) is 26.6. The van der Waals surface area contributed by atoms with Crippen molar-refractivity contribution in [1.82, 2.24) is 14.8 Å². The first-order valence-corrected chi connectivity index (χ1v) is 14.1. The van der Waals surface area contributed by atoms with Gasteiger partial charge in [-0.1, -0.05) is 36.4 Å². The lowest BCUT2D eigenvalue weighted by Gasteiger charge is -2.11. The average molecular weight is 541 g/mol. The van der Waals surface area contributed by atoms with Crippen LogP contribution in [0.15, 0.2) is 36.0 Å². The third-order valence-corrected chi connectivity index (χ3v) is 8.38. The standard InChI is InChI=1S/C27H32N4O4S2/c1-5-13-31-22(15-35-20-14-17(2)11-12-18(20)3)29-30-27(31)36-16-23(32)28-25-24(26(33)34-4)19-9-7-6-8-10-21(19)37-25/h5,11-12,14H,1,6-10,13,15-16H2,2-4H3,(H,28,32). The number of hydrogen-bond acceptors (Lipinski definition) is 8. The number of aryl methyl sites for hydroxylation is 3.